The largest absolute Gasteiger partial charge is 0.377 e. The number of benzene rings is 2. The Bertz CT molecular complexity index is 1260. The van der Waals surface area contributed by atoms with Crippen LogP contribution in [-0.4, -0.2) is 25.0 Å². The third-order valence-electron chi connectivity index (χ3n) is 5.25. The Hall–Kier alpha value is -3.55. The summed E-state index contributed by atoms with van der Waals surface area (Å²) in [6.07, 6.45) is 1.49. The standard InChI is InChI=1S/C20H17FN6O/c1-10-7-13-15-14(8-10)24-17(11-3-5-12(21)6-4-11)16(18(15)25-26-20(13)28)19-22-9-23-27(19)2/h3-9,16-17,24H,1-2H3,(H,26,28). The molecular formula is C20H17FN6O. The number of rotatable bonds is 2. The van der Waals surface area contributed by atoms with E-state index in [9.17, 15) is 9.18 Å². The fourth-order valence-electron chi connectivity index (χ4n) is 4.02. The fourth-order valence-corrected chi connectivity index (χ4v) is 4.02. The summed E-state index contributed by atoms with van der Waals surface area (Å²) in [5.74, 6) is 0.0944. The molecule has 2 aromatic heterocycles. The molecule has 0 amide bonds. The third-order valence-corrected chi connectivity index (χ3v) is 5.25. The van der Waals surface area contributed by atoms with Crippen molar-refractivity contribution in [2.24, 2.45) is 7.05 Å². The van der Waals surface area contributed by atoms with Crippen LogP contribution >= 0.6 is 0 Å². The number of aromatic nitrogens is 5. The first kappa shape index (κ1) is 16.6. The average Bonchev–Trinajstić information content (AvgIpc) is 3.10. The number of nitrogens with zero attached hydrogens (tertiary/aromatic N) is 4. The summed E-state index contributed by atoms with van der Waals surface area (Å²) in [7, 11) is 1.82. The van der Waals surface area contributed by atoms with Gasteiger partial charge in [-0.25, -0.2) is 14.5 Å². The summed E-state index contributed by atoms with van der Waals surface area (Å²) in [5, 5.41) is 16.1. The summed E-state index contributed by atoms with van der Waals surface area (Å²) >= 11 is 0. The summed E-state index contributed by atoms with van der Waals surface area (Å²) in [4.78, 5) is 16.8. The maximum atomic E-state index is 13.5. The summed E-state index contributed by atoms with van der Waals surface area (Å²) in [6, 6.07) is 9.98. The van der Waals surface area contributed by atoms with Crippen LogP contribution in [0.4, 0.5) is 10.1 Å². The fraction of sp³-hybridized carbons (Fsp3) is 0.200. The molecule has 140 valence electrons. The van der Waals surface area contributed by atoms with Crippen LogP contribution in [0.1, 0.15) is 34.6 Å². The van der Waals surface area contributed by atoms with Gasteiger partial charge in [-0.15, -0.1) is 0 Å². The first-order valence-electron chi connectivity index (χ1n) is 8.92. The Balaban J connectivity index is 1.82. The highest BCUT2D eigenvalue weighted by Gasteiger charge is 2.37. The predicted molar refractivity (Wildman–Crippen MR) is 103 cm³/mol. The van der Waals surface area contributed by atoms with Gasteiger partial charge in [-0.3, -0.25) is 9.48 Å². The van der Waals surface area contributed by atoms with Crippen LogP contribution in [0.2, 0.25) is 0 Å². The number of H-pyrrole nitrogens is 1. The molecule has 8 heteroatoms. The normalized spacial score (nSPS) is 18.2. The zero-order valence-electron chi connectivity index (χ0n) is 15.3. The molecule has 1 aliphatic heterocycles. The van der Waals surface area contributed by atoms with E-state index < -0.39 is 0 Å². The van der Waals surface area contributed by atoms with Gasteiger partial charge in [0, 0.05) is 18.1 Å². The van der Waals surface area contributed by atoms with Crippen molar-refractivity contribution in [2.45, 2.75) is 18.9 Å². The molecule has 28 heavy (non-hydrogen) atoms. The molecule has 0 saturated heterocycles. The van der Waals surface area contributed by atoms with Crippen molar-refractivity contribution in [1.82, 2.24) is 25.0 Å². The molecule has 0 bridgehead atoms. The quantitative estimate of drug-likeness (QED) is 0.562. The Labute approximate surface area is 159 Å². The van der Waals surface area contributed by atoms with Gasteiger partial charge in [-0.05, 0) is 42.3 Å². The van der Waals surface area contributed by atoms with Crippen molar-refractivity contribution in [3.05, 3.63) is 81.5 Å². The van der Waals surface area contributed by atoms with E-state index in [0.717, 1.165) is 22.2 Å². The summed E-state index contributed by atoms with van der Waals surface area (Å²) in [6.45, 7) is 1.94. The maximum absolute atomic E-state index is 13.5. The van der Waals surface area contributed by atoms with Gasteiger partial charge in [-0.2, -0.15) is 10.2 Å². The minimum atomic E-state index is -0.312. The van der Waals surface area contributed by atoms with Crippen molar-refractivity contribution in [3.8, 4) is 0 Å². The Morgan fingerprint density at radius 2 is 1.96 bits per heavy atom. The number of halogens is 1. The van der Waals surface area contributed by atoms with Crippen molar-refractivity contribution in [1.29, 1.82) is 0 Å². The second-order valence-corrected chi connectivity index (χ2v) is 7.07. The zero-order valence-corrected chi connectivity index (χ0v) is 15.3. The van der Waals surface area contributed by atoms with Crippen molar-refractivity contribution >= 4 is 16.5 Å². The summed E-state index contributed by atoms with van der Waals surface area (Å²) in [5.41, 5.74) is 3.17. The van der Waals surface area contributed by atoms with Crippen LogP contribution < -0.4 is 10.9 Å². The van der Waals surface area contributed by atoms with E-state index in [1.54, 1.807) is 16.8 Å². The first-order valence-corrected chi connectivity index (χ1v) is 8.92. The molecule has 0 spiro atoms. The number of aromatic amines is 1. The SMILES string of the molecule is Cc1cc2c3c(n[nH]c(=O)c3c1)C(c1ncnn1C)C(c1ccc(F)cc1)N2. The maximum Gasteiger partial charge on any atom is 0.272 e. The van der Waals surface area contributed by atoms with E-state index in [4.69, 9.17) is 0 Å². The lowest BCUT2D eigenvalue weighted by Crippen LogP contribution is -2.30. The predicted octanol–water partition coefficient (Wildman–Crippen LogP) is 2.80. The molecule has 5 rings (SSSR count). The molecule has 2 atom stereocenters. The molecule has 0 radical (unpaired) electrons. The average molecular weight is 376 g/mol. The molecule has 2 aromatic carbocycles. The van der Waals surface area contributed by atoms with Gasteiger partial charge in [0.1, 0.15) is 18.0 Å². The van der Waals surface area contributed by atoms with Crippen LogP contribution in [0, 0.1) is 12.7 Å². The van der Waals surface area contributed by atoms with E-state index in [2.05, 4.69) is 25.6 Å². The Kier molecular flexibility index (Phi) is 3.55. The molecule has 2 N–H and O–H groups in total. The molecule has 1 aliphatic rings. The third kappa shape index (κ3) is 2.41. The second kappa shape index (κ2) is 5.98. The van der Waals surface area contributed by atoms with E-state index in [0.29, 0.717) is 16.9 Å². The number of aryl methyl sites for hydroxylation is 2. The number of nitrogens with one attached hydrogen (secondary N) is 2. The highest BCUT2D eigenvalue weighted by atomic mass is 19.1. The monoisotopic (exact) mass is 376 g/mol. The van der Waals surface area contributed by atoms with E-state index >= 15 is 0 Å². The highest BCUT2D eigenvalue weighted by Crippen LogP contribution is 2.45. The summed E-state index contributed by atoms with van der Waals surface area (Å²) < 4.78 is 15.2. The van der Waals surface area contributed by atoms with E-state index in [1.165, 1.54) is 18.5 Å². The number of hydrogen-bond acceptors (Lipinski definition) is 5. The Morgan fingerprint density at radius 1 is 1.18 bits per heavy atom. The van der Waals surface area contributed by atoms with Crippen LogP contribution in [0.25, 0.3) is 10.8 Å². The Morgan fingerprint density at radius 3 is 2.68 bits per heavy atom. The van der Waals surface area contributed by atoms with Gasteiger partial charge in [0.2, 0.25) is 0 Å². The molecular weight excluding hydrogens is 359 g/mol. The lowest BCUT2D eigenvalue weighted by Gasteiger charge is -2.34. The minimum absolute atomic E-state index is 0.234. The van der Waals surface area contributed by atoms with Crippen molar-refractivity contribution < 1.29 is 4.39 Å². The smallest absolute Gasteiger partial charge is 0.272 e. The zero-order chi connectivity index (χ0) is 19.4. The topological polar surface area (TPSA) is 88.5 Å². The highest BCUT2D eigenvalue weighted by molar-refractivity contribution is 5.97. The molecule has 0 aliphatic carbocycles. The minimum Gasteiger partial charge on any atom is -0.377 e. The number of hydrogen-bond donors (Lipinski definition) is 2. The molecule has 7 nitrogen and oxygen atoms in total. The van der Waals surface area contributed by atoms with Crippen LogP contribution in [0.5, 0.6) is 0 Å². The van der Waals surface area contributed by atoms with Gasteiger partial charge < -0.3 is 5.32 Å². The van der Waals surface area contributed by atoms with Crippen molar-refractivity contribution in [3.63, 3.8) is 0 Å². The van der Waals surface area contributed by atoms with Gasteiger partial charge >= 0.3 is 0 Å². The molecule has 0 saturated carbocycles. The second-order valence-electron chi connectivity index (χ2n) is 7.07. The van der Waals surface area contributed by atoms with E-state index in [-0.39, 0.29) is 23.3 Å². The number of anilines is 1. The van der Waals surface area contributed by atoms with Crippen molar-refractivity contribution in [2.75, 3.05) is 5.32 Å². The van der Waals surface area contributed by atoms with Gasteiger partial charge in [-0.1, -0.05) is 12.1 Å². The van der Waals surface area contributed by atoms with Crippen LogP contribution in [0.15, 0.2) is 47.5 Å². The van der Waals surface area contributed by atoms with Crippen LogP contribution in [0.3, 0.4) is 0 Å². The molecule has 0 fully saturated rings. The first-order chi connectivity index (χ1) is 13.5. The van der Waals surface area contributed by atoms with Crippen LogP contribution in [-0.2, 0) is 7.05 Å². The molecule has 3 heterocycles. The lowest BCUT2D eigenvalue weighted by molar-refractivity contribution is 0.564. The van der Waals surface area contributed by atoms with E-state index in [1.807, 2.05) is 26.1 Å². The van der Waals surface area contributed by atoms with Gasteiger partial charge in [0.05, 0.1) is 23.0 Å². The molecule has 4 aromatic rings. The molecule has 2 unspecified atom stereocenters. The van der Waals surface area contributed by atoms with Gasteiger partial charge in [0.15, 0.2) is 0 Å². The lowest BCUT2D eigenvalue weighted by atomic mass is 9.83. The van der Waals surface area contributed by atoms with Gasteiger partial charge in [0.25, 0.3) is 5.56 Å².